The smallest absolute Gasteiger partial charge is 0.398 e. The molecule has 2 bridgehead atoms. The van der Waals surface area contributed by atoms with Crippen LogP contribution in [0.15, 0.2) is 52.7 Å². The van der Waals surface area contributed by atoms with Crippen molar-refractivity contribution in [1.82, 2.24) is 20.3 Å². The second-order valence-corrected chi connectivity index (χ2v) is 9.66. The number of hydrogen-bond donors (Lipinski definition) is 1. The molecule has 176 valence electrons. The molecule has 3 aromatic heterocycles. The molecule has 0 radical (unpaired) electrons. The number of aryl methyl sites for hydroxylation is 1. The molecule has 2 fully saturated rings. The van der Waals surface area contributed by atoms with Gasteiger partial charge in [0.15, 0.2) is 16.8 Å². The number of fused-ring (bicyclic) bond motifs is 3. The lowest BCUT2D eigenvalue weighted by atomic mass is 10.1. The maximum Gasteiger partial charge on any atom is 0.398 e. The van der Waals surface area contributed by atoms with Gasteiger partial charge in [-0.15, -0.1) is 11.3 Å². The highest BCUT2D eigenvalue weighted by molar-refractivity contribution is 7.13. The number of thiazole rings is 1. The molecule has 2 aliphatic heterocycles. The first-order valence-electron chi connectivity index (χ1n) is 11.3. The highest BCUT2D eigenvalue weighted by atomic mass is 32.1. The molecule has 0 spiro atoms. The van der Waals surface area contributed by atoms with Crippen molar-refractivity contribution in [2.24, 2.45) is 0 Å². The first kappa shape index (κ1) is 21.4. The Morgan fingerprint density at radius 2 is 2.03 bits per heavy atom. The van der Waals surface area contributed by atoms with E-state index < -0.39 is 12.5 Å². The number of oxazole rings is 1. The monoisotopic (exact) mass is 483 g/mol. The Labute approximate surface area is 198 Å². The molecule has 0 amide bonds. The molecular weight excluding hydrogens is 460 g/mol. The summed E-state index contributed by atoms with van der Waals surface area (Å²) in [5, 5.41) is 6.18. The second kappa shape index (κ2) is 8.59. The number of rotatable bonds is 7. The third-order valence-electron chi connectivity index (χ3n) is 6.33. The van der Waals surface area contributed by atoms with Crippen molar-refractivity contribution in [2.75, 3.05) is 18.0 Å². The van der Waals surface area contributed by atoms with Gasteiger partial charge in [0.05, 0.1) is 12.0 Å². The van der Waals surface area contributed by atoms with E-state index in [1.807, 2.05) is 5.38 Å². The summed E-state index contributed by atoms with van der Waals surface area (Å²) in [6, 6.07) is 7.96. The normalized spacial score (nSPS) is 20.2. The first-order valence-corrected chi connectivity index (χ1v) is 12.2. The van der Waals surface area contributed by atoms with Crippen LogP contribution in [0.4, 0.5) is 14.8 Å². The van der Waals surface area contributed by atoms with Gasteiger partial charge in [-0.3, -0.25) is 4.98 Å². The molecule has 7 nitrogen and oxygen atoms in total. The number of benzene rings is 1. The lowest BCUT2D eigenvalue weighted by Crippen LogP contribution is -2.51. The minimum atomic E-state index is -3.38. The van der Waals surface area contributed by atoms with Gasteiger partial charge in [-0.25, -0.2) is 4.98 Å². The molecule has 1 N–H and O–H groups in total. The van der Waals surface area contributed by atoms with E-state index in [-0.39, 0.29) is 17.7 Å². The lowest BCUT2D eigenvalue weighted by Gasteiger charge is -2.31. The van der Waals surface area contributed by atoms with Gasteiger partial charge in [0.25, 0.3) is 6.01 Å². The summed E-state index contributed by atoms with van der Waals surface area (Å²) < 4.78 is 41.1. The molecule has 6 rings (SSSR count). The van der Waals surface area contributed by atoms with E-state index >= 15 is 0 Å². The number of nitrogens with zero attached hydrogens (tertiary/aromatic N) is 4. The fraction of sp³-hybridized carbons (Fsp3) is 0.375. The number of nitrogens with one attached hydrogen (secondary N) is 1. The molecule has 2 atom stereocenters. The number of anilines is 1. The molecule has 2 saturated heterocycles. The number of pyridine rings is 1. The second-order valence-electron chi connectivity index (χ2n) is 8.77. The van der Waals surface area contributed by atoms with Crippen molar-refractivity contribution in [3.05, 3.63) is 53.8 Å². The van der Waals surface area contributed by atoms with Gasteiger partial charge in [-0.2, -0.15) is 13.8 Å². The van der Waals surface area contributed by atoms with Crippen molar-refractivity contribution in [3.63, 3.8) is 0 Å². The molecule has 34 heavy (non-hydrogen) atoms. The Morgan fingerprint density at radius 3 is 2.76 bits per heavy atom. The summed E-state index contributed by atoms with van der Waals surface area (Å²) >= 11 is 1.45. The Morgan fingerprint density at radius 1 is 1.18 bits per heavy atom. The summed E-state index contributed by atoms with van der Waals surface area (Å²) in [5.74, 6) is -0.000371. The van der Waals surface area contributed by atoms with Gasteiger partial charge in [-0.1, -0.05) is 6.07 Å². The minimum absolute atomic E-state index is 0.000371. The van der Waals surface area contributed by atoms with Crippen molar-refractivity contribution < 1.29 is 17.9 Å². The van der Waals surface area contributed by atoms with Gasteiger partial charge in [0.1, 0.15) is 5.01 Å². The molecule has 1 aromatic carbocycles. The lowest BCUT2D eigenvalue weighted by molar-refractivity contribution is -0.179. The van der Waals surface area contributed by atoms with E-state index in [0.29, 0.717) is 29.2 Å². The summed E-state index contributed by atoms with van der Waals surface area (Å²) in [5.41, 5.74) is 2.14. The molecule has 2 aliphatic rings. The SMILES string of the molecule is FC(F)(CCc1cccnc1)Oc1ccc(-c2nccs2)c2oc(N3CC4CCC(C3)N4)nc12. The highest BCUT2D eigenvalue weighted by Gasteiger charge is 2.36. The minimum Gasteiger partial charge on any atom is -0.430 e. The van der Waals surface area contributed by atoms with Crippen molar-refractivity contribution in [3.8, 4) is 16.3 Å². The molecule has 4 aromatic rings. The maximum atomic E-state index is 14.8. The van der Waals surface area contributed by atoms with Crippen molar-refractivity contribution in [1.29, 1.82) is 0 Å². The zero-order chi connectivity index (χ0) is 23.1. The Kier molecular flexibility index (Phi) is 5.41. The molecule has 10 heteroatoms. The van der Waals surface area contributed by atoms with Gasteiger partial charge in [0, 0.05) is 49.1 Å². The number of ether oxygens (including phenoxy) is 1. The van der Waals surface area contributed by atoms with Crippen LogP contribution in [0.3, 0.4) is 0 Å². The third kappa shape index (κ3) is 4.23. The van der Waals surface area contributed by atoms with Crippen LogP contribution >= 0.6 is 11.3 Å². The summed E-state index contributed by atoms with van der Waals surface area (Å²) in [6.07, 6.45) is 3.43. The first-order chi connectivity index (χ1) is 16.5. The summed E-state index contributed by atoms with van der Waals surface area (Å²) in [6.45, 7) is 1.54. The molecule has 0 aliphatic carbocycles. The predicted octanol–water partition coefficient (Wildman–Crippen LogP) is 4.89. The Bertz CT molecular complexity index is 1270. The maximum absolute atomic E-state index is 14.8. The number of aromatic nitrogens is 3. The highest BCUT2D eigenvalue weighted by Crippen LogP contribution is 2.40. The van der Waals surface area contributed by atoms with E-state index in [1.165, 1.54) is 17.4 Å². The molecular formula is C24H23F2N5O2S. The number of halogens is 2. The zero-order valence-corrected chi connectivity index (χ0v) is 19.1. The van der Waals surface area contributed by atoms with Crippen LogP contribution < -0.4 is 15.0 Å². The van der Waals surface area contributed by atoms with Gasteiger partial charge in [-0.05, 0) is 43.0 Å². The van der Waals surface area contributed by atoms with Crippen LogP contribution in [0.25, 0.3) is 21.7 Å². The fourth-order valence-corrected chi connectivity index (χ4v) is 5.38. The quantitative estimate of drug-likeness (QED) is 0.401. The van der Waals surface area contributed by atoms with Crippen molar-refractivity contribution in [2.45, 2.75) is 43.9 Å². The van der Waals surface area contributed by atoms with Gasteiger partial charge >= 0.3 is 6.11 Å². The zero-order valence-electron chi connectivity index (χ0n) is 18.3. The molecule has 0 saturated carbocycles. The summed E-state index contributed by atoms with van der Waals surface area (Å²) in [4.78, 5) is 15.1. The van der Waals surface area contributed by atoms with Crippen LogP contribution in [0.5, 0.6) is 5.75 Å². The number of piperazine rings is 1. The average molecular weight is 484 g/mol. The van der Waals surface area contributed by atoms with Gasteiger partial charge in [0.2, 0.25) is 0 Å². The van der Waals surface area contributed by atoms with Crippen LogP contribution in [0, 0.1) is 0 Å². The van der Waals surface area contributed by atoms with E-state index in [2.05, 4.69) is 25.2 Å². The van der Waals surface area contributed by atoms with Crippen LogP contribution in [-0.4, -0.2) is 46.2 Å². The van der Waals surface area contributed by atoms with Crippen molar-refractivity contribution >= 4 is 28.5 Å². The fourth-order valence-electron chi connectivity index (χ4n) is 4.72. The Hall–Kier alpha value is -3.11. The Balaban J connectivity index is 1.32. The van der Waals surface area contributed by atoms with Gasteiger partial charge < -0.3 is 19.4 Å². The number of alkyl halides is 2. The van der Waals surface area contributed by atoms with Crippen LogP contribution in [0.1, 0.15) is 24.8 Å². The molecule has 2 unspecified atom stereocenters. The van der Waals surface area contributed by atoms with E-state index in [4.69, 9.17) is 9.15 Å². The van der Waals surface area contributed by atoms with E-state index in [1.54, 1.807) is 36.8 Å². The standard InChI is InChI=1S/C24H23F2N5O2S/c25-24(26,8-7-15-2-1-9-27-12-15)33-19-6-5-18(22-28-10-11-34-22)21-20(19)30-23(32-21)31-13-16-3-4-17(14-31)29-16/h1-2,5-6,9-12,16-17,29H,3-4,7-8,13-14H2. The van der Waals surface area contributed by atoms with Crippen LogP contribution in [-0.2, 0) is 6.42 Å². The van der Waals surface area contributed by atoms with E-state index in [9.17, 15) is 8.78 Å². The predicted molar refractivity (Wildman–Crippen MR) is 125 cm³/mol. The number of hydrogen-bond acceptors (Lipinski definition) is 8. The third-order valence-corrected chi connectivity index (χ3v) is 7.14. The van der Waals surface area contributed by atoms with Crippen LogP contribution in [0.2, 0.25) is 0 Å². The largest absolute Gasteiger partial charge is 0.430 e. The van der Waals surface area contributed by atoms with E-state index in [0.717, 1.165) is 36.5 Å². The summed E-state index contributed by atoms with van der Waals surface area (Å²) in [7, 11) is 0. The topological polar surface area (TPSA) is 76.3 Å². The average Bonchev–Trinajstić information content (AvgIpc) is 3.59. The molecule has 5 heterocycles.